The van der Waals surface area contributed by atoms with Crippen LogP contribution in [0.25, 0.3) is 0 Å². The van der Waals surface area contributed by atoms with Crippen LogP contribution >= 0.6 is 17.0 Å². The maximum absolute atomic E-state index is 4.81. The van der Waals surface area contributed by atoms with Gasteiger partial charge in [-0.05, 0) is 35.4 Å². The predicted molar refractivity (Wildman–Crippen MR) is 182 cm³/mol. The minimum atomic E-state index is 0. The Morgan fingerprint density at radius 3 is 1.05 bits per heavy atom. The van der Waals surface area contributed by atoms with Crippen LogP contribution in [-0.4, -0.2) is 98.3 Å². The summed E-state index contributed by atoms with van der Waals surface area (Å²) >= 11 is 0. The van der Waals surface area contributed by atoms with Crippen molar-refractivity contribution in [2.24, 2.45) is 0 Å². The summed E-state index contributed by atoms with van der Waals surface area (Å²) in [4.78, 5) is 14.8. The van der Waals surface area contributed by atoms with Crippen molar-refractivity contribution in [3.8, 4) is 0 Å². The highest BCUT2D eigenvalue weighted by Crippen LogP contribution is 2.11. The molecule has 2 aromatic heterocycles. The Morgan fingerprint density at radius 1 is 0.442 bits per heavy atom. The summed E-state index contributed by atoms with van der Waals surface area (Å²) in [5, 5.41) is 14.5. The van der Waals surface area contributed by atoms with Gasteiger partial charge < -0.3 is 21.3 Å². The lowest BCUT2D eigenvalue weighted by molar-refractivity contribution is 0.262. The molecular weight excluding hydrogens is 600 g/mol. The quantitative estimate of drug-likeness (QED) is 0.343. The van der Waals surface area contributed by atoms with Gasteiger partial charge in [0.1, 0.15) is 0 Å². The molecule has 43 heavy (non-hydrogen) atoms. The molecule has 0 saturated carbocycles. The van der Waals surface area contributed by atoms with Gasteiger partial charge in [-0.25, -0.2) is 0 Å². The van der Waals surface area contributed by atoms with Crippen LogP contribution in [0.3, 0.4) is 0 Å². The third-order valence-corrected chi connectivity index (χ3v) is 8.22. The minimum Gasteiger partial charge on any atom is -0.315 e. The molecule has 3 aromatic rings. The van der Waals surface area contributed by atoms with Gasteiger partial charge in [0, 0.05) is 140 Å². The summed E-state index contributed by atoms with van der Waals surface area (Å²) in [5.41, 5.74) is 7.53. The van der Waals surface area contributed by atoms with Crippen LogP contribution in [-0.2, 0) is 38.8 Å². The Morgan fingerprint density at radius 2 is 0.744 bits per heavy atom. The van der Waals surface area contributed by atoms with Gasteiger partial charge in [0.15, 0.2) is 0 Å². The Hall–Kier alpha value is -2.24. The van der Waals surface area contributed by atoms with Crippen molar-refractivity contribution in [2.45, 2.75) is 38.8 Å². The smallest absolute Gasteiger partial charge is 0.0419 e. The zero-order valence-corrected chi connectivity index (χ0v) is 27.4. The largest absolute Gasteiger partial charge is 0.315 e. The van der Waals surface area contributed by atoms with Crippen molar-refractivity contribution < 1.29 is 0 Å². The van der Waals surface area contributed by atoms with Crippen LogP contribution in [0, 0.1) is 0 Å². The zero-order valence-electron chi connectivity index (χ0n) is 25.7. The lowest BCUT2D eigenvalue weighted by Crippen LogP contribution is -2.38. The monoisotopic (exact) mass is 650 g/mol. The molecular formula is C34H51BrN8. The number of halogens is 1. The lowest BCUT2D eigenvalue weighted by Gasteiger charge is -2.25. The highest BCUT2D eigenvalue weighted by molar-refractivity contribution is 8.93. The van der Waals surface area contributed by atoms with Crippen LogP contribution in [0.4, 0.5) is 0 Å². The highest BCUT2D eigenvalue weighted by atomic mass is 79.9. The van der Waals surface area contributed by atoms with E-state index in [9.17, 15) is 0 Å². The van der Waals surface area contributed by atoms with Gasteiger partial charge in [-0.1, -0.05) is 36.4 Å². The van der Waals surface area contributed by atoms with Gasteiger partial charge in [0.05, 0.1) is 0 Å². The number of rotatable bonds is 4. The van der Waals surface area contributed by atoms with Crippen LogP contribution in [0.15, 0.2) is 60.7 Å². The molecule has 8 nitrogen and oxygen atoms in total. The van der Waals surface area contributed by atoms with Gasteiger partial charge >= 0.3 is 0 Å². The Balaban J connectivity index is 0.00000423. The van der Waals surface area contributed by atoms with Crippen molar-refractivity contribution in [1.82, 2.24) is 41.0 Å². The molecule has 0 amide bonds. The first-order valence-corrected chi connectivity index (χ1v) is 16.1. The van der Waals surface area contributed by atoms with Crippen LogP contribution in [0.2, 0.25) is 0 Å². The summed E-state index contributed by atoms with van der Waals surface area (Å²) in [7, 11) is 0. The number of hydrogen-bond acceptors (Lipinski definition) is 8. The van der Waals surface area contributed by atoms with Crippen molar-refractivity contribution in [3.05, 3.63) is 94.6 Å². The van der Waals surface area contributed by atoms with Gasteiger partial charge in [0.2, 0.25) is 0 Å². The molecule has 0 aliphatic carbocycles. The third-order valence-electron chi connectivity index (χ3n) is 8.22. The molecule has 0 spiro atoms. The molecule has 0 atom stereocenters. The van der Waals surface area contributed by atoms with E-state index in [0.717, 1.165) is 117 Å². The zero-order chi connectivity index (χ0) is 28.7. The van der Waals surface area contributed by atoms with E-state index in [0.29, 0.717) is 0 Å². The first-order valence-electron chi connectivity index (χ1n) is 16.1. The van der Waals surface area contributed by atoms with Crippen LogP contribution in [0.5, 0.6) is 0 Å². The molecule has 5 rings (SSSR count). The molecule has 2 aliphatic heterocycles. The number of fused-ring (bicyclic) bond motifs is 4. The van der Waals surface area contributed by atoms with Gasteiger partial charge in [-0.3, -0.25) is 19.8 Å². The topological polar surface area (TPSA) is 80.4 Å². The number of hydrogen-bond donors (Lipinski definition) is 4. The highest BCUT2D eigenvalue weighted by Gasteiger charge is 2.10. The first kappa shape index (κ1) is 33.6. The SMILES string of the molecule is Br.c1cc2nc(c1)CCNCCN(Cc1ccc(CN3CCNCCc4cccc(n4)CCNCC3)cc1)CCNCC2. The fourth-order valence-electron chi connectivity index (χ4n) is 5.74. The number of nitrogens with one attached hydrogen (secondary N) is 4. The van der Waals surface area contributed by atoms with Crippen molar-refractivity contribution in [3.63, 3.8) is 0 Å². The molecule has 4 N–H and O–H groups in total. The molecule has 0 saturated heterocycles. The van der Waals surface area contributed by atoms with Crippen molar-refractivity contribution >= 4 is 17.0 Å². The standard InChI is InChI=1S/C34H50N8.BrH/c1-3-31-11-15-35-19-23-41(24-20-36-16-12-32(4-1)39-31)27-29-7-9-30(10-8-29)28-42-25-21-37-17-13-33-5-2-6-34(40-33)14-18-38-22-26-42;/h1-10,35-38H,11-28H2;1H. The molecule has 0 radical (unpaired) electrons. The second-order valence-electron chi connectivity index (χ2n) is 11.6. The average molecular weight is 652 g/mol. The van der Waals surface area contributed by atoms with E-state index in [-0.39, 0.29) is 17.0 Å². The Labute approximate surface area is 269 Å². The van der Waals surface area contributed by atoms with Crippen molar-refractivity contribution in [1.29, 1.82) is 0 Å². The van der Waals surface area contributed by atoms with E-state index in [2.05, 4.69) is 91.7 Å². The Kier molecular flexibility index (Phi) is 15.0. The summed E-state index contributed by atoms with van der Waals surface area (Å²) in [6, 6.07) is 22.2. The van der Waals surface area contributed by atoms with Gasteiger partial charge in [0.25, 0.3) is 0 Å². The maximum Gasteiger partial charge on any atom is 0.0419 e. The second kappa shape index (κ2) is 19.2. The number of nitrogens with zero attached hydrogens (tertiary/aromatic N) is 4. The fraction of sp³-hybridized carbons (Fsp3) is 0.529. The van der Waals surface area contributed by atoms with E-state index < -0.39 is 0 Å². The Bertz CT molecular complexity index is 1040. The average Bonchev–Trinajstić information content (AvgIpc) is 3.00. The van der Waals surface area contributed by atoms with Crippen LogP contribution < -0.4 is 21.3 Å². The maximum atomic E-state index is 4.81. The summed E-state index contributed by atoms with van der Waals surface area (Å²) in [6.07, 6.45) is 3.93. The molecule has 2 aliphatic rings. The van der Waals surface area contributed by atoms with Gasteiger partial charge in [-0.2, -0.15) is 0 Å². The molecule has 4 bridgehead atoms. The van der Waals surface area contributed by atoms with E-state index >= 15 is 0 Å². The number of aromatic nitrogens is 2. The summed E-state index contributed by atoms with van der Waals surface area (Å²) in [5.74, 6) is 0. The summed E-state index contributed by atoms with van der Waals surface area (Å²) in [6.45, 7) is 14.1. The fourth-order valence-corrected chi connectivity index (χ4v) is 5.74. The third kappa shape index (κ3) is 12.3. The van der Waals surface area contributed by atoms with Crippen molar-refractivity contribution in [2.75, 3.05) is 78.5 Å². The summed E-state index contributed by atoms with van der Waals surface area (Å²) < 4.78 is 0. The number of benzene rings is 1. The molecule has 9 heteroatoms. The molecule has 4 heterocycles. The lowest BCUT2D eigenvalue weighted by atomic mass is 10.1. The second-order valence-corrected chi connectivity index (χ2v) is 11.6. The van der Waals surface area contributed by atoms with Crippen LogP contribution in [0.1, 0.15) is 33.9 Å². The van der Waals surface area contributed by atoms with E-state index in [1.54, 1.807) is 0 Å². The van der Waals surface area contributed by atoms with Gasteiger partial charge in [-0.15, -0.1) is 17.0 Å². The van der Waals surface area contributed by atoms with E-state index in [4.69, 9.17) is 9.97 Å². The number of pyridine rings is 2. The molecule has 234 valence electrons. The van der Waals surface area contributed by atoms with E-state index in [1.807, 2.05) is 0 Å². The minimum absolute atomic E-state index is 0. The first-order chi connectivity index (χ1) is 20.8. The molecule has 0 unspecified atom stereocenters. The molecule has 1 aromatic carbocycles. The molecule has 0 fully saturated rings. The predicted octanol–water partition coefficient (Wildman–Crippen LogP) is 2.61. The normalized spacial score (nSPS) is 19.0. The van der Waals surface area contributed by atoms with E-state index in [1.165, 1.54) is 33.9 Å².